The van der Waals surface area contributed by atoms with Crippen LogP contribution >= 0.6 is 0 Å². The smallest absolute Gasteiger partial charge is 0.184 e. The third kappa shape index (κ3) is 3.43. The van der Waals surface area contributed by atoms with Crippen LogP contribution in [0.25, 0.3) is 0 Å². The van der Waals surface area contributed by atoms with Gasteiger partial charge in [0.1, 0.15) is 0 Å². The van der Waals surface area contributed by atoms with Crippen molar-refractivity contribution in [2.75, 3.05) is 14.2 Å². The lowest BCUT2D eigenvalue weighted by molar-refractivity contribution is -0.156. The zero-order valence-electron chi connectivity index (χ0n) is 12.0. The third-order valence-corrected chi connectivity index (χ3v) is 3.99. The Morgan fingerprint density at radius 3 is 2.41 bits per heavy atom. The Morgan fingerprint density at radius 1 is 1.35 bits per heavy atom. The summed E-state index contributed by atoms with van der Waals surface area (Å²) in [6, 6.07) is 0. The van der Waals surface area contributed by atoms with Crippen molar-refractivity contribution in [3.63, 3.8) is 0 Å². The zero-order chi connectivity index (χ0) is 13.1. The summed E-state index contributed by atoms with van der Waals surface area (Å²) in [4.78, 5) is 0. The molecule has 0 amide bonds. The average molecular weight is 238 g/mol. The van der Waals surface area contributed by atoms with E-state index in [0.29, 0.717) is 11.3 Å². The van der Waals surface area contributed by atoms with Gasteiger partial charge in [-0.1, -0.05) is 31.6 Å². The average Bonchev–Trinajstić information content (AvgIpc) is 2.27. The maximum Gasteiger partial charge on any atom is 0.184 e. The molecule has 98 valence electrons. The van der Waals surface area contributed by atoms with Crippen LogP contribution in [-0.2, 0) is 9.47 Å². The molecule has 0 aliphatic heterocycles. The van der Waals surface area contributed by atoms with Crippen molar-refractivity contribution < 1.29 is 9.47 Å². The van der Waals surface area contributed by atoms with Crippen molar-refractivity contribution in [2.24, 2.45) is 11.3 Å². The van der Waals surface area contributed by atoms with Crippen molar-refractivity contribution >= 4 is 0 Å². The van der Waals surface area contributed by atoms with E-state index >= 15 is 0 Å². The molecule has 1 atom stereocenters. The summed E-state index contributed by atoms with van der Waals surface area (Å²) in [5.74, 6) is -0.144. The van der Waals surface area contributed by atoms with Gasteiger partial charge in [0.05, 0.1) is 0 Å². The number of rotatable bonds is 4. The molecule has 0 bridgehead atoms. The number of methoxy groups -OCH3 is 2. The first-order valence-electron chi connectivity index (χ1n) is 6.31. The molecule has 0 aromatic rings. The second-order valence-electron chi connectivity index (χ2n) is 5.74. The van der Waals surface area contributed by atoms with E-state index in [0.717, 1.165) is 0 Å². The SMILES string of the molecule is COC(C)(C=CC1C(C)=CCCC1(C)C)OC. The highest BCUT2D eigenvalue weighted by molar-refractivity contribution is 5.19. The van der Waals surface area contributed by atoms with Crippen molar-refractivity contribution in [1.82, 2.24) is 0 Å². The lowest BCUT2D eigenvalue weighted by Crippen LogP contribution is -2.30. The topological polar surface area (TPSA) is 18.5 Å². The second-order valence-corrected chi connectivity index (χ2v) is 5.74. The first-order chi connectivity index (χ1) is 7.84. The Hall–Kier alpha value is -0.600. The molecule has 0 saturated carbocycles. The van der Waals surface area contributed by atoms with Crippen LogP contribution in [0.3, 0.4) is 0 Å². The van der Waals surface area contributed by atoms with Gasteiger partial charge in [-0.2, -0.15) is 0 Å². The largest absolute Gasteiger partial charge is 0.350 e. The molecule has 0 N–H and O–H groups in total. The first kappa shape index (κ1) is 14.5. The minimum absolute atomic E-state index is 0.317. The predicted octanol–water partition coefficient (Wildman–Crippen LogP) is 3.93. The van der Waals surface area contributed by atoms with Crippen LogP contribution in [0.2, 0.25) is 0 Å². The van der Waals surface area contributed by atoms with E-state index in [1.165, 1.54) is 18.4 Å². The molecule has 0 heterocycles. The molecular formula is C15H26O2. The van der Waals surface area contributed by atoms with Crippen LogP contribution in [0, 0.1) is 11.3 Å². The van der Waals surface area contributed by atoms with Crippen LogP contribution in [0.15, 0.2) is 23.8 Å². The summed E-state index contributed by atoms with van der Waals surface area (Å²) in [6.45, 7) is 8.80. The quantitative estimate of drug-likeness (QED) is 0.545. The molecule has 1 unspecified atom stereocenters. The van der Waals surface area contributed by atoms with Crippen molar-refractivity contribution in [3.8, 4) is 0 Å². The van der Waals surface area contributed by atoms with E-state index in [9.17, 15) is 0 Å². The molecular weight excluding hydrogens is 212 g/mol. The second kappa shape index (κ2) is 5.36. The highest BCUT2D eigenvalue weighted by Gasteiger charge is 2.31. The van der Waals surface area contributed by atoms with E-state index in [2.05, 4.69) is 32.9 Å². The summed E-state index contributed by atoms with van der Waals surface area (Å²) in [5.41, 5.74) is 1.77. The maximum atomic E-state index is 5.35. The maximum absolute atomic E-state index is 5.35. The fraction of sp³-hybridized carbons (Fsp3) is 0.733. The molecule has 0 aromatic carbocycles. The lowest BCUT2D eigenvalue weighted by atomic mass is 9.68. The molecule has 1 rings (SSSR count). The Morgan fingerprint density at radius 2 is 1.94 bits per heavy atom. The van der Waals surface area contributed by atoms with Crippen LogP contribution in [0.1, 0.15) is 40.5 Å². The molecule has 0 saturated heterocycles. The van der Waals surface area contributed by atoms with Gasteiger partial charge in [0.25, 0.3) is 0 Å². The molecule has 0 fully saturated rings. The number of allylic oxidation sites excluding steroid dienone is 3. The van der Waals surface area contributed by atoms with E-state index in [1.807, 2.05) is 13.0 Å². The minimum Gasteiger partial charge on any atom is -0.350 e. The van der Waals surface area contributed by atoms with Gasteiger partial charge in [-0.15, -0.1) is 0 Å². The van der Waals surface area contributed by atoms with Gasteiger partial charge in [0.15, 0.2) is 5.79 Å². The Labute approximate surface area is 106 Å². The predicted molar refractivity (Wildman–Crippen MR) is 71.8 cm³/mol. The van der Waals surface area contributed by atoms with Gasteiger partial charge in [0.2, 0.25) is 0 Å². The van der Waals surface area contributed by atoms with Gasteiger partial charge in [-0.25, -0.2) is 0 Å². The Bertz CT molecular complexity index is 309. The van der Waals surface area contributed by atoms with E-state index in [-0.39, 0.29) is 0 Å². The normalized spacial score (nSPS) is 25.1. The monoisotopic (exact) mass is 238 g/mol. The minimum atomic E-state index is -0.617. The van der Waals surface area contributed by atoms with Crippen molar-refractivity contribution in [1.29, 1.82) is 0 Å². The molecule has 1 aliphatic rings. The van der Waals surface area contributed by atoms with Gasteiger partial charge in [-0.05, 0) is 38.2 Å². The van der Waals surface area contributed by atoms with Crippen LogP contribution in [-0.4, -0.2) is 20.0 Å². The van der Waals surface area contributed by atoms with Crippen LogP contribution < -0.4 is 0 Å². The fourth-order valence-corrected chi connectivity index (χ4v) is 2.47. The first-order valence-corrected chi connectivity index (χ1v) is 6.31. The molecule has 0 spiro atoms. The van der Waals surface area contributed by atoms with E-state index < -0.39 is 5.79 Å². The van der Waals surface area contributed by atoms with Gasteiger partial charge < -0.3 is 9.47 Å². The fourth-order valence-electron chi connectivity index (χ4n) is 2.47. The Kier molecular flexibility index (Phi) is 4.56. The van der Waals surface area contributed by atoms with Crippen molar-refractivity contribution in [3.05, 3.63) is 23.8 Å². The molecule has 2 nitrogen and oxygen atoms in total. The molecule has 17 heavy (non-hydrogen) atoms. The van der Waals surface area contributed by atoms with Crippen LogP contribution in [0.5, 0.6) is 0 Å². The number of hydrogen-bond acceptors (Lipinski definition) is 2. The summed E-state index contributed by atoms with van der Waals surface area (Å²) < 4.78 is 10.7. The lowest BCUT2D eigenvalue weighted by Gasteiger charge is -2.37. The highest BCUT2D eigenvalue weighted by atomic mass is 16.7. The molecule has 1 aliphatic carbocycles. The molecule has 0 aromatic heterocycles. The van der Waals surface area contributed by atoms with Crippen molar-refractivity contribution in [2.45, 2.75) is 46.3 Å². The molecule has 0 radical (unpaired) electrons. The summed E-state index contributed by atoms with van der Waals surface area (Å²) in [5, 5.41) is 0. The standard InChI is InChI=1S/C15H26O2/c1-12-8-7-10-14(2,3)13(12)9-11-15(4,16-5)17-6/h8-9,11,13H,7,10H2,1-6H3. The summed E-state index contributed by atoms with van der Waals surface area (Å²) >= 11 is 0. The van der Waals surface area contributed by atoms with Gasteiger partial charge in [0, 0.05) is 20.1 Å². The van der Waals surface area contributed by atoms with Crippen LogP contribution in [0.4, 0.5) is 0 Å². The summed E-state index contributed by atoms with van der Waals surface area (Å²) in [6.07, 6.45) is 9.03. The van der Waals surface area contributed by atoms with E-state index in [4.69, 9.17) is 9.47 Å². The van der Waals surface area contributed by atoms with Gasteiger partial charge in [-0.3, -0.25) is 0 Å². The third-order valence-electron chi connectivity index (χ3n) is 3.99. The number of ether oxygens (including phenoxy) is 2. The summed E-state index contributed by atoms with van der Waals surface area (Å²) in [7, 11) is 3.34. The highest BCUT2D eigenvalue weighted by Crippen LogP contribution is 2.41. The number of hydrogen-bond donors (Lipinski definition) is 0. The van der Waals surface area contributed by atoms with Gasteiger partial charge >= 0.3 is 0 Å². The molecule has 2 heteroatoms. The Balaban J connectivity index is 2.88. The van der Waals surface area contributed by atoms with E-state index in [1.54, 1.807) is 14.2 Å². The zero-order valence-corrected chi connectivity index (χ0v) is 12.0.